The molecule has 0 saturated heterocycles. The molecule has 0 N–H and O–H groups in total. The molecular weight excluding hydrogens is 336 g/mol. The van der Waals surface area contributed by atoms with Gasteiger partial charge in [-0.1, -0.05) is 19.4 Å². The summed E-state index contributed by atoms with van der Waals surface area (Å²) in [5.41, 5.74) is 1.55. The predicted octanol–water partition coefficient (Wildman–Crippen LogP) is 1.73. The number of benzene rings is 1. The van der Waals surface area contributed by atoms with Crippen LogP contribution in [0.4, 0.5) is 0 Å². The summed E-state index contributed by atoms with van der Waals surface area (Å²) in [5, 5.41) is 0. The van der Waals surface area contributed by atoms with Gasteiger partial charge in [-0.05, 0) is 30.0 Å². The van der Waals surface area contributed by atoms with Gasteiger partial charge in [0.05, 0.1) is 38.2 Å². The quantitative estimate of drug-likeness (QED) is 0.516. The summed E-state index contributed by atoms with van der Waals surface area (Å²) in [6, 6.07) is 3.25. The van der Waals surface area contributed by atoms with Crippen LogP contribution in [0.1, 0.15) is 45.2 Å². The number of ether oxygens (including phenoxy) is 2. The number of methoxy groups -OCH3 is 2. The molecular formula is C16H22O7S. The lowest BCUT2D eigenvalue weighted by molar-refractivity contribution is 0.0554. The van der Waals surface area contributed by atoms with E-state index in [0.29, 0.717) is 12.0 Å². The van der Waals surface area contributed by atoms with Crippen LogP contribution in [0.15, 0.2) is 12.1 Å². The molecule has 0 aromatic heterocycles. The topological polar surface area (TPSA) is 96.0 Å². The van der Waals surface area contributed by atoms with Crippen molar-refractivity contribution in [2.75, 3.05) is 27.1 Å². The zero-order valence-corrected chi connectivity index (χ0v) is 15.1. The highest BCUT2D eigenvalue weighted by atomic mass is 32.2. The van der Waals surface area contributed by atoms with E-state index in [1.54, 1.807) is 6.07 Å². The number of esters is 2. The van der Waals surface area contributed by atoms with Crippen LogP contribution in [-0.2, 0) is 36.6 Å². The van der Waals surface area contributed by atoms with E-state index < -0.39 is 22.1 Å². The Morgan fingerprint density at radius 1 is 1.04 bits per heavy atom. The SMILES string of the molecule is CCCc1ccc(C(=O)OC)c(C(=O)OC)c1CCOS(C)(=O)=O. The van der Waals surface area contributed by atoms with Gasteiger partial charge in [-0.25, -0.2) is 9.59 Å². The van der Waals surface area contributed by atoms with Crippen molar-refractivity contribution >= 4 is 22.1 Å². The highest BCUT2D eigenvalue weighted by Gasteiger charge is 2.24. The number of rotatable bonds is 8. The van der Waals surface area contributed by atoms with Gasteiger partial charge < -0.3 is 9.47 Å². The predicted molar refractivity (Wildman–Crippen MR) is 87.6 cm³/mol. The number of carbonyl (C=O) groups excluding carboxylic acids is 2. The molecule has 0 spiro atoms. The van der Waals surface area contributed by atoms with Crippen LogP contribution in [0.3, 0.4) is 0 Å². The Morgan fingerprint density at radius 3 is 2.17 bits per heavy atom. The minimum absolute atomic E-state index is 0.0820. The van der Waals surface area contributed by atoms with E-state index >= 15 is 0 Å². The van der Waals surface area contributed by atoms with Gasteiger partial charge in [-0.3, -0.25) is 4.18 Å². The zero-order valence-electron chi connectivity index (χ0n) is 14.2. The van der Waals surface area contributed by atoms with Crippen molar-refractivity contribution in [2.24, 2.45) is 0 Å². The summed E-state index contributed by atoms with van der Waals surface area (Å²) in [7, 11) is -1.16. The molecule has 1 rings (SSSR count). The summed E-state index contributed by atoms with van der Waals surface area (Å²) in [6.07, 6.45) is 2.58. The first-order chi connectivity index (χ1) is 11.2. The molecule has 134 valence electrons. The monoisotopic (exact) mass is 358 g/mol. The number of hydrogen-bond donors (Lipinski definition) is 0. The molecule has 0 amide bonds. The van der Waals surface area contributed by atoms with Crippen LogP contribution in [0.5, 0.6) is 0 Å². The molecule has 8 heteroatoms. The van der Waals surface area contributed by atoms with E-state index in [1.807, 2.05) is 6.92 Å². The maximum atomic E-state index is 12.2. The Bertz CT molecular complexity index is 707. The Hall–Kier alpha value is -1.93. The highest BCUT2D eigenvalue weighted by Crippen LogP contribution is 2.24. The molecule has 24 heavy (non-hydrogen) atoms. The lowest BCUT2D eigenvalue weighted by Crippen LogP contribution is -2.18. The normalized spacial score (nSPS) is 11.2. The average molecular weight is 358 g/mol. The summed E-state index contributed by atoms with van der Waals surface area (Å²) >= 11 is 0. The van der Waals surface area contributed by atoms with Crippen LogP contribution in [0.2, 0.25) is 0 Å². The largest absolute Gasteiger partial charge is 0.465 e. The zero-order chi connectivity index (χ0) is 18.3. The molecule has 1 aromatic rings. The van der Waals surface area contributed by atoms with E-state index in [9.17, 15) is 18.0 Å². The van der Waals surface area contributed by atoms with Gasteiger partial charge in [-0.15, -0.1) is 0 Å². The Kier molecular flexibility index (Phi) is 7.37. The molecule has 0 atom stereocenters. The second-order valence-electron chi connectivity index (χ2n) is 5.14. The number of aryl methyl sites for hydroxylation is 1. The van der Waals surface area contributed by atoms with Crippen molar-refractivity contribution in [2.45, 2.75) is 26.2 Å². The van der Waals surface area contributed by atoms with Crippen molar-refractivity contribution in [3.05, 3.63) is 34.4 Å². The molecule has 1 aromatic carbocycles. The molecule has 0 aliphatic carbocycles. The van der Waals surface area contributed by atoms with Crippen LogP contribution < -0.4 is 0 Å². The van der Waals surface area contributed by atoms with Gasteiger partial charge in [0.25, 0.3) is 10.1 Å². The first-order valence-corrected chi connectivity index (χ1v) is 9.22. The molecule has 0 saturated carbocycles. The Labute approximate surface area is 142 Å². The first-order valence-electron chi connectivity index (χ1n) is 7.40. The summed E-state index contributed by atoms with van der Waals surface area (Å²) in [5.74, 6) is -1.34. The Balaban J connectivity index is 3.40. The molecule has 0 bridgehead atoms. The molecule has 0 unspecified atom stereocenters. The van der Waals surface area contributed by atoms with Crippen molar-refractivity contribution in [1.82, 2.24) is 0 Å². The minimum Gasteiger partial charge on any atom is -0.465 e. The number of hydrogen-bond acceptors (Lipinski definition) is 7. The standard InChI is InChI=1S/C16H22O7S/c1-5-6-11-7-8-13(15(17)21-2)14(16(18)22-3)12(11)9-10-23-24(4,19)20/h7-8H,5-6,9-10H2,1-4H3. The van der Waals surface area contributed by atoms with Crippen LogP contribution >= 0.6 is 0 Å². The van der Waals surface area contributed by atoms with E-state index in [-0.39, 0.29) is 24.2 Å². The van der Waals surface area contributed by atoms with E-state index in [4.69, 9.17) is 13.7 Å². The maximum absolute atomic E-state index is 12.2. The fourth-order valence-corrected chi connectivity index (χ4v) is 2.78. The third-order valence-electron chi connectivity index (χ3n) is 3.37. The van der Waals surface area contributed by atoms with Crippen molar-refractivity contribution in [3.8, 4) is 0 Å². The smallest absolute Gasteiger partial charge is 0.339 e. The molecule has 0 heterocycles. The van der Waals surface area contributed by atoms with E-state index in [2.05, 4.69) is 0 Å². The summed E-state index contributed by atoms with van der Waals surface area (Å²) in [4.78, 5) is 24.2. The summed E-state index contributed by atoms with van der Waals surface area (Å²) < 4.78 is 36.5. The van der Waals surface area contributed by atoms with Crippen LogP contribution in [-0.4, -0.2) is 47.4 Å². The van der Waals surface area contributed by atoms with Gasteiger partial charge in [-0.2, -0.15) is 8.42 Å². The lowest BCUT2D eigenvalue weighted by atomic mass is 9.91. The molecule has 0 aliphatic heterocycles. The van der Waals surface area contributed by atoms with Gasteiger partial charge in [0.1, 0.15) is 0 Å². The lowest BCUT2D eigenvalue weighted by Gasteiger charge is -2.16. The van der Waals surface area contributed by atoms with E-state index in [0.717, 1.165) is 18.2 Å². The second-order valence-corrected chi connectivity index (χ2v) is 6.78. The van der Waals surface area contributed by atoms with Gasteiger partial charge >= 0.3 is 11.9 Å². The van der Waals surface area contributed by atoms with Crippen LogP contribution in [0, 0.1) is 0 Å². The van der Waals surface area contributed by atoms with Crippen LogP contribution in [0.25, 0.3) is 0 Å². The van der Waals surface area contributed by atoms with Crippen molar-refractivity contribution in [1.29, 1.82) is 0 Å². The number of carbonyl (C=O) groups is 2. The first kappa shape index (κ1) is 20.1. The second kappa shape index (κ2) is 8.79. The summed E-state index contributed by atoms with van der Waals surface area (Å²) in [6.45, 7) is 1.84. The maximum Gasteiger partial charge on any atom is 0.339 e. The van der Waals surface area contributed by atoms with Gasteiger partial charge in [0.2, 0.25) is 0 Å². The van der Waals surface area contributed by atoms with Gasteiger partial charge in [0.15, 0.2) is 0 Å². The third kappa shape index (κ3) is 5.31. The highest BCUT2D eigenvalue weighted by molar-refractivity contribution is 7.85. The van der Waals surface area contributed by atoms with Crippen molar-refractivity contribution in [3.63, 3.8) is 0 Å². The molecule has 0 aliphatic rings. The fourth-order valence-electron chi connectivity index (χ4n) is 2.39. The molecule has 7 nitrogen and oxygen atoms in total. The fraction of sp³-hybridized carbons (Fsp3) is 0.500. The van der Waals surface area contributed by atoms with E-state index in [1.165, 1.54) is 20.3 Å². The minimum atomic E-state index is -3.60. The van der Waals surface area contributed by atoms with Gasteiger partial charge in [0, 0.05) is 0 Å². The molecule has 0 fully saturated rings. The van der Waals surface area contributed by atoms with Crippen molar-refractivity contribution < 1.29 is 31.7 Å². The molecule has 0 radical (unpaired) electrons. The third-order valence-corrected chi connectivity index (χ3v) is 3.97. The average Bonchev–Trinajstić information content (AvgIpc) is 2.53. The Morgan fingerprint density at radius 2 is 1.67 bits per heavy atom.